The van der Waals surface area contributed by atoms with Crippen LogP contribution in [0.4, 0.5) is 11.4 Å². The number of fused-ring (bicyclic) bond motifs is 8. The monoisotopic (exact) mass is 668 g/mol. The number of hydrogen-bond donors (Lipinski definition) is 0. The number of ether oxygens (including phenoxy) is 1. The van der Waals surface area contributed by atoms with Gasteiger partial charge in [-0.25, -0.2) is 0 Å². The second-order valence-electron chi connectivity index (χ2n) is 13.6. The molecule has 2 aliphatic rings. The predicted octanol–water partition coefficient (Wildman–Crippen LogP) is 12.3. The van der Waals surface area contributed by atoms with Crippen molar-refractivity contribution in [1.29, 1.82) is 0 Å². The minimum Gasteiger partial charge on any atom is -0.482 e. The lowest BCUT2D eigenvalue weighted by molar-refractivity contribution is 0.219. The van der Waals surface area contributed by atoms with Gasteiger partial charge in [-0.15, -0.1) is 0 Å². The van der Waals surface area contributed by atoms with Crippen LogP contribution in [0, 0.1) is 0 Å². The van der Waals surface area contributed by atoms with Gasteiger partial charge >= 0.3 is 0 Å². The van der Waals surface area contributed by atoms with Gasteiger partial charge in [0.25, 0.3) is 0 Å². The van der Waals surface area contributed by atoms with Crippen molar-refractivity contribution in [3.8, 4) is 22.6 Å². The number of benzene rings is 7. The van der Waals surface area contributed by atoms with Crippen LogP contribution in [-0.2, 0) is 0 Å². The van der Waals surface area contributed by atoms with E-state index in [9.17, 15) is 0 Å². The molecule has 2 aromatic heterocycles. The maximum Gasteiger partial charge on any atom is 0.159 e. The quantitative estimate of drug-likeness (QED) is 0.187. The molecule has 246 valence electrons. The highest BCUT2D eigenvalue weighted by Crippen LogP contribution is 2.45. The normalized spacial score (nSPS) is 16.6. The van der Waals surface area contributed by atoms with Crippen molar-refractivity contribution in [3.63, 3.8) is 0 Å². The maximum atomic E-state index is 6.76. The average Bonchev–Trinajstić information content (AvgIpc) is 3.76. The van der Waals surface area contributed by atoms with Crippen molar-refractivity contribution >= 4 is 60.7 Å². The Morgan fingerprint density at radius 2 is 1.23 bits per heavy atom. The van der Waals surface area contributed by atoms with E-state index >= 15 is 0 Å². The molecule has 0 fully saturated rings. The number of allylic oxidation sites excluding steroid dienone is 2. The molecule has 0 saturated heterocycles. The minimum atomic E-state index is -0.169. The van der Waals surface area contributed by atoms with Crippen LogP contribution in [0.2, 0.25) is 0 Å². The zero-order valence-corrected chi connectivity index (χ0v) is 28.2. The van der Waals surface area contributed by atoms with Crippen LogP contribution in [-0.4, -0.2) is 16.7 Å². The average molecular weight is 669 g/mol. The minimum absolute atomic E-state index is 0.000355. The highest BCUT2D eigenvalue weighted by atomic mass is 16.5. The Balaban J connectivity index is 1.02. The molecular formula is C48H32N2O2. The lowest BCUT2D eigenvalue weighted by Crippen LogP contribution is -2.46. The van der Waals surface area contributed by atoms with Crippen LogP contribution in [0.3, 0.4) is 0 Å². The molecule has 4 nitrogen and oxygen atoms in total. The highest BCUT2D eigenvalue weighted by Gasteiger charge is 2.36. The number of hydrogen-bond acceptors (Lipinski definition) is 3. The van der Waals surface area contributed by atoms with Gasteiger partial charge in [-0.1, -0.05) is 121 Å². The van der Waals surface area contributed by atoms with Gasteiger partial charge in [0.15, 0.2) is 5.58 Å². The van der Waals surface area contributed by atoms with Crippen molar-refractivity contribution < 1.29 is 9.15 Å². The van der Waals surface area contributed by atoms with Gasteiger partial charge in [0.2, 0.25) is 0 Å². The molecule has 1 aliphatic carbocycles. The second kappa shape index (κ2) is 11.4. The fourth-order valence-electron chi connectivity index (χ4n) is 8.33. The first-order valence-corrected chi connectivity index (χ1v) is 17.8. The summed E-state index contributed by atoms with van der Waals surface area (Å²) < 4.78 is 15.6. The van der Waals surface area contributed by atoms with Gasteiger partial charge in [0.1, 0.15) is 17.4 Å². The van der Waals surface area contributed by atoms with Gasteiger partial charge in [-0.05, 0) is 82.9 Å². The molecule has 0 bridgehead atoms. The lowest BCUT2D eigenvalue weighted by Gasteiger charge is -2.43. The van der Waals surface area contributed by atoms with E-state index in [0.717, 1.165) is 66.9 Å². The van der Waals surface area contributed by atoms with Crippen molar-refractivity contribution in [1.82, 2.24) is 4.57 Å². The molecule has 1 aliphatic heterocycles. The van der Waals surface area contributed by atoms with E-state index in [2.05, 4.69) is 179 Å². The van der Waals surface area contributed by atoms with Crippen LogP contribution in [0.1, 0.15) is 5.56 Å². The van der Waals surface area contributed by atoms with E-state index in [1.165, 1.54) is 21.9 Å². The summed E-state index contributed by atoms with van der Waals surface area (Å²) in [5, 5.41) is 4.66. The van der Waals surface area contributed by atoms with Crippen molar-refractivity contribution in [3.05, 3.63) is 188 Å². The highest BCUT2D eigenvalue weighted by molar-refractivity contribution is 6.13. The standard InChI is InChI=1S/C48H32N2O2/c1-2-12-31(13-3-1)32-14-10-15-35(28-32)49-42-20-7-9-23-46(42)51-47-30-34(25-27-43(47)49)33-24-26-41-39(29-33)36-16-4-6-19-40(36)50(41)44-21-11-18-38-37-17-5-8-22-45(37)52-48(38)44/h1-30,43,47H. The van der Waals surface area contributed by atoms with Gasteiger partial charge < -0.3 is 18.6 Å². The fraction of sp³-hybridized carbons (Fsp3) is 0.0417. The van der Waals surface area contributed by atoms with Crippen LogP contribution >= 0.6 is 0 Å². The van der Waals surface area contributed by atoms with Crippen LogP contribution in [0.5, 0.6) is 5.75 Å². The first-order chi connectivity index (χ1) is 25.8. The third-order valence-corrected chi connectivity index (χ3v) is 10.7. The molecule has 0 N–H and O–H groups in total. The maximum absolute atomic E-state index is 6.76. The van der Waals surface area contributed by atoms with E-state index < -0.39 is 0 Å². The number of furan rings is 1. The number of para-hydroxylation sites is 5. The van der Waals surface area contributed by atoms with Gasteiger partial charge in [0.05, 0.1) is 28.5 Å². The topological polar surface area (TPSA) is 30.5 Å². The molecule has 7 aromatic carbocycles. The van der Waals surface area contributed by atoms with Gasteiger partial charge in [-0.2, -0.15) is 0 Å². The second-order valence-corrected chi connectivity index (χ2v) is 13.6. The van der Waals surface area contributed by atoms with E-state index in [4.69, 9.17) is 9.15 Å². The molecule has 2 unspecified atom stereocenters. The molecule has 0 radical (unpaired) electrons. The van der Waals surface area contributed by atoms with E-state index in [1.807, 2.05) is 12.1 Å². The predicted molar refractivity (Wildman–Crippen MR) is 214 cm³/mol. The lowest BCUT2D eigenvalue weighted by atomic mass is 9.91. The zero-order valence-electron chi connectivity index (χ0n) is 28.2. The summed E-state index contributed by atoms with van der Waals surface area (Å²) in [6.07, 6.45) is 6.70. The van der Waals surface area contributed by atoms with Crippen molar-refractivity contribution in [2.75, 3.05) is 4.90 Å². The molecule has 2 atom stereocenters. The summed E-state index contributed by atoms with van der Waals surface area (Å²) in [5.41, 5.74) is 12.0. The smallest absolute Gasteiger partial charge is 0.159 e. The largest absolute Gasteiger partial charge is 0.482 e. The Labute approximate surface area is 300 Å². The number of rotatable bonds is 4. The Morgan fingerprint density at radius 1 is 0.500 bits per heavy atom. The molecule has 0 saturated carbocycles. The van der Waals surface area contributed by atoms with E-state index in [0.29, 0.717) is 0 Å². The Morgan fingerprint density at radius 3 is 2.17 bits per heavy atom. The first kappa shape index (κ1) is 29.0. The molecule has 9 aromatic rings. The van der Waals surface area contributed by atoms with Crippen molar-refractivity contribution in [2.24, 2.45) is 0 Å². The summed E-state index contributed by atoms with van der Waals surface area (Å²) in [6.45, 7) is 0. The third kappa shape index (κ3) is 4.41. The third-order valence-electron chi connectivity index (χ3n) is 10.7. The van der Waals surface area contributed by atoms with Crippen LogP contribution in [0.25, 0.3) is 66.1 Å². The zero-order chi connectivity index (χ0) is 34.2. The molecule has 0 spiro atoms. The number of anilines is 2. The fourth-order valence-corrected chi connectivity index (χ4v) is 8.33. The van der Waals surface area contributed by atoms with Gasteiger partial charge in [-0.3, -0.25) is 0 Å². The SMILES string of the molecule is C1=CC2C(C=C1c1ccc3c(c1)c1ccccc1n3-c1cccc3c1oc1ccccc13)Oc1ccccc1N2c1cccc(-c2ccccc2)c1. The molecule has 11 rings (SSSR count). The van der Waals surface area contributed by atoms with Crippen LogP contribution < -0.4 is 9.64 Å². The molecule has 3 heterocycles. The summed E-state index contributed by atoms with van der Waals surface area (Å²) in [5.74, 6) is 0.887. The summed E-state index contributed by atoms with van der Waals surface area (Å²) in [6, 6.07) is 58.0. The Hall–Kier alpha value is -6.78. The molecule has 0 amide bonds. The molecule has 4 heteroatoms. The summed E-state index contributed by atoms with van der Waals surface area (Å²) in [4.78, 5) is 2.43. The van der Waals surface area contributed by atoms with E-state index in [1.54, 1.807) is 0 Å². The Bertz CT molecular complexity index is 2910. The number of aromatic nitrogens is 1. The summed E-state index contributed by atoms with van der Waals surface area (Å²) in [7, 11) is 0. The van der Waals surface area contributed by atoms with Crippen molar-refractivity contribution in [2.45, 2.75) is 12.1 Å². The van der Waals surface area contributed by atoms with Gasteiger partial charge in [0, 0.05) is 27.2 Å². The molecular weight excluding hydrogens is 637 g/mol. The van der Waals surface area contributed by atoms with E-state index in [-0.39, 0.29) is 12.1 Å². The Kier molecular flexibility index (Phi) is 6.34. The molecule has 52 heavy (non-hydrogen) atoms. The number of nitrogens with zero attached hydrogens (tertiary/aromatic N) is 2. The summed E-state index contributed by atoms with van der Waals surface area (Å²) >= 11 is 0. The van der Waals surface area contributed by atoms with Crippen LogP contribution in [0.15, 0.2) is 186 Å². The first-order valence-electron chi connectivity index (χ1n) is 17.8.